The third kappa shape index (κ3) is 4.04. The van der Waals surface area contributed by atoms with Crippen LogP contribution in [0.25, 0.3) is 0 Å². The van der Waals surface area contributed by atoms with Crippen LogP contribution in [0.2, 0.25) is 0 Å². The molecule has 0 aliphatic carbocycles. The molecular formula is C16H23N3O2. The zero-order valence-electron chi connectivity index (χ0n) is 13.1. The van der Waals surface area contributed by atoms with Crippen molar-refractivity contribution in [2.24, 2.45) is 0 Å². The van der Waals surface area contributed by atoms with Crippen LogP contribution in [-0.4, -0.2) is 23.6 Å². The molecule has 0 aliphatic heterocycles. The lowest BCUT2D eigenvalue weighted by atomic mass is 10.0. The first-order valence-corrected chi connectivity index (χ1v) is 7.29. The molecule has 0 aromatic carbocycles. The maximum Gasteiger partial charge on any atom is 0.216 e. The van der Waals surface area contributed by atoms with Crippen molar-refractivity contribution in [2.75, 3.05) is 13.7 Å². The van der Waals surface area contributed by atoms with Gasteiger partial charge in [-0.1, -0.05) is 6.92 Å². The van der Waals surface area contributed by atoms with Crippen molar-refractivity contribution >= 4 is 0 Å². The van der Waals surface area contributed by atoms with Crippen molar-refractivity contribution in [3.05, 3.63) is 41.2 Å². The minimum Gasteiger partial charge on any atom is -0.481 e. The van der Waals surface area contributed by atoms with Crippen LogP contribution in [0.4, 0.5) is 0 Å². The predicted octanol–water partition coefficient (Wildman–Crippen LogP) is 2.98. The summed E-state index contributed by atoms with van der Waals surface area (Å²) in [5.74, 6) is 2.49. The summed E-state index contributed by atoms with van der Waals surface area (Å²) in [4.78, 5) is 8.38. The van der Waals surface area contributed by atoms with Gasteiger partial charge in [-0.25, -0.2) is 9.97 Å². The molecule has 0 saturated carbocycles. The molecular weight excluding hydrogens is 266 g/mol. The van der Waals surface area contributed by atoms with Gasteiger partial charge in [-0.15, -0.1) is 0 Å². The Morgan fingerprint density at radius 3 is 2.71 bits per heavy atom. The van der Waals surface area contributed by atoms with Crippen LogP contribution in [-0.2, 0) is 6.42 Å². The highest BCUT2D eigenvalue weighted by molar-refractivity contribution is 5.26. The van der Waals surface area contributed by atoms with Gasteiger partial charge in [0.05, 0.1) is 7.11 Å². The van der Waals surface area contributed by atoms with Gasteiger partial charge in [-0.3, -0.25) is 0 Å². The van der Waals surface area contributed by atoms with Crippen molar-refractivity contribution in [1.29, 1.82) is 0 Å². The summed E-state index contributed by atoms with van der Waals surface area (Å²) >= 11 is 0. The van der Waals surface area contributed by atoms with E-state index in [0.717, 1.165) is 36.6 Å². The molecule has 5 heteroatoms. The van der Waals surface area contributed by atoms with E-state index in [2.05, 4.69) is 28.3 Å². The standard InChI is InChI=1S/C16H23N3O2/c1-5-6-17-15(14-7-11(2)21-12(14)3)8-13-9-16(20-4)19-10-18-13/h7,9-10,15,17H,5-6,8H2,1-4H3. The number of rotatable bonds is 7. The Hall–Kier alpha value is -1.88. The number of aromatic nitrogens is 2. The Morgan fingerprint density at radius 1 is 1.29 bits per heavy atom. The Kier molecular flexibility index (Phi) is 5.33. The average molecular weight is 289 g/mol. The number of nitrogens with zero attached hydrogens (tertiary/aromatic N) is 2. The normalized spacial score (nSPS) is 12.4. The van der Waals surface area contributed by atoms with E-state index in [1.54, 1.807) is 13.4 Å². The van der Waals surface area contributed by atoms with E-state index < -0.39 is 0 Å². The second-order valence-corrected chi connectivity index (χ2v) is 5.13. The lowest BCUT2D eigenvalue weighted by Gasteiger charge is -2.18. The molecule has 21 heavy (non-hydrogen) atoms. The fourth-order valence-electron chi connectivity index (χ4n) is 2.42. The van der Waals surface area contributed by atoms with Crippen molar-refractivity contribution < 1.29 is 9.15 Å². The second-order valence-electron chi connectivity index (χ2n) is 5.13. The molecule has 0 radical (unpaired) electrons. The predicted molar refractivity (Wildman–Crippen MR) is 81.5 cm³/mol. The molecule has 114 valence electrons. The zero-order valence-corrected chi connectivity index (χ0v) is 13.1. The molecule has 1 atom stereocenters. The Bertz CT molecular complexity index is 581. The van der Waals surface area contributed by atoms with E-state index in [0.29, 0.717) is 5.88 Å². The number of hydrogen-bond donors (Lipinski definition) is 1. The number of aryl methyl sites for hydroxylation is 2. The van der Waals surface area contributed by atoms with Gasteiger partial charge in [0.1, 0.15) is 17.8 Å². The summed E-state index contributed by atoms with van der Waals surface area (Å²) < 4.78 is 10.8. The molecule has 2 rings (SSSR count). The molecule has 2 aromatic heterocycles. The number of hydrogen-bond acceptors (Lipinski definition) is 5. The quantitative estimate of drug-likeness (QED) is 0.849. The molecule has 5 nitrogen and oxygen atoms in total. The van der Waals surface area contributed by atoms with E-state index in [1.165, 1.54) is 5.56 Å². The largest absolute Gasteiger partial charge is 0.481 e. The van der Waals surface area contributed by atoms with Gasteiger partial charge in [0.25, 0.3) is 0 Å². The average Bonchev–Trinajstić information content (AvgIpc) is 2.82. The number of methoxy groups -OCH3 is 1. The van der Waals surface area contributed by atoms with Gasteiger partial charge in [0.2, 0.25) is 5.88 Å². The fraction of sp³-hybridized carbons (Fsp3) is 0.500. The van der Waals surface area contributed by atoms with Crippen molar-refractivity contribution in [1.82, 2.24) is 15.3 Å². The van der Waals surface area contributed by atoms with E-state index in [1.807, 2.05) is 19.9 Å². The second kappa shape index (κ2) is 7.22. The molecule has 0 bridgehead atoms. The molecule has 0 fully saturated rings. The first-order chi connectivity index (χ1) is 10.1. The van der Waals surface area contributed by atoms with E-state index in [-0.39, 0.29) is 6.04 Å². The van der Waals surface area contributed by atoms with Crippen LogP contribution >= 0.6 is 0 Å². The third-order valence-electron chi connectivity index (χ3n) is 3.42. The third-order valence-corrected chi connectivity index (χ3v) is 3.42. The first kappa shape index (κ1) is 15.5. The van der Waals surface area contributed by atoms with Gasteiger partial charge in [-0.05, 0) is 32.9 Å². The summed E-state index contributed by atoms with van der Waals surface area (Å²) in [6.45, 7) is 7.09. The monoisotopic (exact) mass is 289 g/mol. The highest BCUT2D eigenvalue weighted by Gasteiger charge is 2.18. The SMILES string of the molecule is CCCNC(Cc1cc(OC)ncn1)c1cc(C)oc1C. The minimum absolute atomic E-state index is 0.182. The molecule has 1 unspecified atom stereocenters. The summed E-state index contributed by atoms with van der Waals surface area (Å²) in [5.41, 5.74) is 2.15. The molecule has 0 amide bonds. The van der Waals surface area contributed by atoms with E-state index in [4.69, 9.17) is 9.15 Å². The molecule has 1 N–H and O–H groups in total. The molecule has 0 saturated heterocycles. The van der Waals surface area contributed by atoms with Crippen LogP contribution in [0, 0.1) is 13.8 Å². The molecule has 0 aliphatic rings. The van der Waals surface area contributed by atoms with E-state index in [9.17, 15) is 0 Å². The Balaban J connectivity index is 2.21. The number of ether oxygens (including phenoxy) is 1. The maximum atomic E-state index is 5.66. The van der Waals surface area contributed by atoms with Gasteiger partial charge in [0, 0.05) is 29.8 Å². The van der Waals surface area contributed by atoms with Crippen LogP contribution in [0.1, 0.15) is 42.2 Å². The van der Waals surface area contributed by atoms with Crippen LogP contribution < -0.4 is 10.1 Å². The van der Waals surface area contributed by atoms with Crippen LogP contribution in [0.15, 0.2) is 22.9 Å². The van der Waals surface area contributed by atoms with Crippen molar-refractivity contribution in [3.63, 3.8) is 0 Å². The Morgan fingerprint density at radius 2 is 2.10 bits per heavy atom. The lowest BCUT2D eigenvalue weighted by Crippen LogP contribution is -2.24. The Labute approximate surface area is 125 Å². The molecule has 2 heterocycles. The van der Waals surface area contributed by atoms with Gasteiger partial charge >= 0.3 is 0 Å². The summed E-state index contributed by atoms with van der Waals surface area (Å²) in [6, 6.07) is 4.16. The molecule has 2 aromatic rings. The van der Waals surface area contributed by atoms with Gasteiger partial charge < -0.3 is 14.5 Å². The van der Waals surface area contributed by atoms with Crippen molar-refractivity contribution in [2.45, 2.75) is 39.7 Å². The van der Waals surface area contributed by atoms with E-state index >= 15 is 0 Å². The van der Waals surface area contributed by atoms with Crippen LogP contribution in [0.5, 0.6) is 5.88 Å². The summed E-state index contributed by atoms with van der Waals surface area (Å²) in [7, 11) is 1.61. The topological polar surface area (TPSA) is 60.2 Å². The highest BCUT2D eigenvalue weighted by atomic mass is 16.5. The zero-order chi connectivity index (χ0) is 15.2. The molecule has 0 spiro atoms. The summed E-state index contributed by atoms with van der Waals surface area (Å²) in [6.07, 6.45) is 3.40. The van der Waals surface area contributed by atoms with Gasteiger partial charge in [0.15, 0.2) is 0 Å². The van der Waals surface area contributed by atoms with Crippen LogP contribution in [0.3, 0.4) is 0 Å². The first-order valence-electron chi connectivity index (χ1n) is 7.29. The summed E-state index contributed by atoms with van der Waals surface area (Å²) in [5, 5.41) is 3.56. The lowest BCUT2D eigenvalue weighted by molar-refractivity contribution is 0.395. The minimum atomic E-state index is 0.182. The fourth-order valence-corrected chi connectivity index (χ4v) is 2.42. The highest BCUT2D eigenvalue weighted by Crippen LogP contribution is 2.25. The number of nitrogens with one attached hydrogen (secondary N) is 1. The van der Waals surface area contributed by atoms with Crippen molar-refractivity contribution in [3.8, 4) is 5.88 Å². The number of furan rings is 1. The maximum absolute atomic E-state index is 5.66. The van der Waals surface area contributed by atoms with Gasteiger partial charge in [-0.2, -0.15) is 0 Å². The smallest absolute Gasteiger partial charge is 0.216 e.